The summed E-state index contributed by atoms with van der Waals surface area (Å²) in [6.07, 6.45) is 0.517. The van der Waals surface area contributed by atoms with Crippen LogP contribution in [0.2, 0.25) is 0 Å². The van der Waals surface area contributed by atoms with Crippen LogP contribution >= 0.6 is 45.2 Å². The highest BCUT2D eigenvalue weighted by molar-refractivity contribution is 14.1. The van der Waals surface area contributed by atoms with Crippen molar-refractivity contribution in [1.82, 2.24) is 5.43 Å². The van der Waals surface area contributed by atoms with E-state index in [1.807, 2.05) is 51.2 Å². The number of nitrogens with zero attached hydrogens (tertiary/aromatic N) is 1. The van der Waals surface area contributed by atoms with Crippen molar-refractivity contribution in [3.63, 3.8) is 0 Å². The lowest BCUT2D eigenvalue weighted by Crippen LogP contribution is -2.35. The van der Waals surface area contributed by atoms with E-state index in [9.17, 15) is 14.4 Å². The van der Waals surface area contributed by atoms with Crippen LogP contribution in [0.5, 0.6) is 5.75 Å². The Bertz CT molecular complexity index is 968. The first kappa shape index (κ1) is 20.6. The number of hydrogen-bond acceptors (Lipinski definition) is 4. The van der Waals surface area contributed by atoms with Crippen molar-refractivity contribution in [3.8, 4) is 5.75 Å². The van der Waals surface area contributed by atoms with E-state index in [0.29, 0.717) is 24.1 Å². The smallest absolute Gasteiger partial charge is 0.344 e. The summed E-state index contributed by atoms with van der Waals surface area (Å²) in [5.41, 5.74) is 3.77. The maximum atomic E-state index is 12.7. The van der Waals surface area contributed by atoms with E-state index in [1.165, 1.54) is 18.0 Å². The molecule has 1 aliphatic heterocycles. The molecule has 0 unspecified atom stereocenters. The number of carboxylic acids is 1. The van der Waals surface area contributed by atoms with Gasteiger partial charge in [0, 0.05) is 0 Å². The number of carbonyl (C=O) groups excluding carboxylic acids is 2. The van der Waals surface area contributed by atoms with E-state index >= 15 is 0 Å². The average molecular weight is 604 g/mol. The number of carbonyl (C=O) groups is 3. The largest absolute Gasteiger partial charge is 0.479 e. The third kappa shape index (κ3) is 4.29. The Morgan fingerprint density at radius 1 is 1.18 bits per heavy atom. The standard InChI is InChI=1S/C19H14I2N2O5/c1-10(19(26)27)28-16-14(20)8-11(9-15(16)21)7-13-17(24)22-23(18(13)25)12-5-3-2-4-6-12/h2-10H,1H3,(H,22,24)(H,26,27)/b13-7-/t10-/m1/s1. The fourth-order valence-electron chi connectivity index (χ4n) is 2.49. The lowest BCUT2D eigenvalue weighted by molar-refractivity contribution is -0.144. The number of para-hydroxylation sites is 1. The van der Waals surface area contributed by atoms with Crippen molar-refractivity contribution in [2.45, 2.75) is 13.0 Å². The zero-order chi connectivity index (χ0) is 20.4. The van der Waals surface area contributed by atoms with Crippen molar-refractivity contribution in [3.05, 3.63) is 60.7 Å². The minimum atomic E-state index is -1.06. The molecule has 1 aliphatic rings. The highest BCUT2D eigenvalue weighted by Crippen LogP contribution is 2.31. The van der Waals surface area contributed by atoms with Crippen LogP contribution in [0.25, 0.3) is 6.08 Å². The van der Waals surface area contributed by atoms with Crippen molar-refractivity contribution < 1.29 is 24.2 Å². The highest BCUT2D eigenvalue weighted by Gasteiger charge is 2.34. The maximum Gasteiger partial charge on any atom is 0.344 e. The number of carboxylic acid groups (broad SMARTS) is 1. The Morgan fingerprint density at radius 3 is 2.36 bits per heavy atom. The summed E-state index contributed by atoms with van der Waals surface area (Å²) in [4.78, 5) is 36.0. The number of aliphatic carboxylic acids is 1. The molecule has 28 heavy (non-hydrogen) atoms. The van der Waals surface area contributed by atoms with Crippen LogP contribution in [-0.2, 0) is 14.4 Å². The second-order valence-electron chi connectivity index (χ2n) is 5.89. The van der Waals surface area contributed by atoms with Gasteiger partial charge in [-0.1, -0.05) is 18.2 Å². The van der Waals surface area contributed by atoms with Crippen LogP contribution in [0, 0.1) is 7.14 Å². The van der Waals surface area contributed by atoms with Crippen molar-refractivity contribution in [2.75, 3.05) is 5.01 Å². The van der Waals surface area contributed by atoms with Gasteiger partial charge in [-0.3, -0.25) is 15.0 Å². The Balaban J connectivity index is 1.90. The van der Waals surface area contributed by atoms with Gasteiger partial charge in [0.25, 0.3) is 11.8 Å². The number of nitrogens with one attached hydrogen (secondary N) is 1. The molecule has 0 aliphatic carbocycles. The summed E-state index contributed by atoms with van der Waals surface area (Å²) < 4.78 is 6.84. The Labute approximate surface area is 188 Å². The van der Waals surface area contributed by atoms with Crippen LogP contribution in [0.4, 0.5) is 5.69 Å². The molecule has 3 rings (SSSR count). The Kier molecular flexibility index (Phi) is 6.23. The predicted molar refractivity (Wildman–Crippen MR) is 120 cm³/mol. The van der Waals surface area contributed by atoms with Gasteiger partial charge < -0.3 is 9.84 Å². The molecular formula is C19H14I2N2O5. The molecule has 0 spiro atoms. The SMILES string of the molecule is C[C@@H](Oc1c(I)cc(/C=C2/C(=O)NN(c3ccccc3)C2=O)cc1I)C(=O)O. The molecule has 2 N–H and O–H groups in total. The van der Waals surface area contributed by atoms with Gasteiger partial charge in [0.1, 0.15) is 11.3 Å². The summed E-state index contributed by atoms with van der Waals surface area (Å²) in [6, 6.07) is 12.3. The van der Waals surface area contributed by atoms with Gasteiger partial charge >= 0.3 is 5.97 Å². The number of hydrazine groups is 1. The van der Waals surface area contributed by atoms with E-state index in [4.69, 9.17) is 9.84 Å². The van der Waals surface area contributed by atoms with Crippen molar-refractivity contribution >= 4 is 74.7 Å². The molecule has 7 nitrogen and oxygen atoms in total. The number of amides is 2. The molecular weight excluding hydrogens is 590 g/mol. The quantitative estimate of drug-likeness (QED) is 0.311. The number of ether oxygens (including phenoxy) is 1. The van der Waals surface area contributed by atoms with Crippen molar-refractivity contribution in [1.29, 1.82) is 0 Å². The molecule has 2 aromatic carbocycles. The first-order valence-electron chi connectivity index (χ1n) is 8.08. The topological polar surface area (TPSA) is 95.9 Å². The molecule has 0 radical (unpaired) electrons. The van der Waals surface area contributed by atoms with Gasteiger partial charge in [0.2, 0.25) is 0 Å². The molecule has 1 atom stereocenters. The Hall–Kier alpha value is -2.15. The van der Waals surface area contributed by atoms with E-state index in [2.05, 4.69) is 5.43 Å². The monoisotopic (exact) mass is 604 g/mol. The zero-order valence-corrected chi connectivity index (χ0v) is 18.8. The van der Waals surface area contributed by atoms with Gasteiger partial charge in [0.15, 0.2) is 6.10 Å². The molecule has 144 valence electrons. The predicted octanol–water partition coefficient (Wildman–Crippen LogP) is 3.21. The fraction of sp³-hybridized carbons (Fsp3) is 0.105. The number of benzene rings is 2. The number of halogens is 2. The third-order valence-corrected chi connectivity index (χ3v) is 5.48. The molecule has 0 aromatic heterocycles. The van der Waals surface area contributed by atoms with Gasteiger partial charge in [-0.15, -0.1) is 0 Å². The number of anilines is 1. The van der Waals surface area contributed by atoms with E-state index < -0.39 is 23.9 Å². The second kappa shape index (κ2) is 8.47. The van der Waals surface area contributed by atoms with Gasteiger partial charge in [-0.25, -0.2) is 9.80 Å². The summed E-state index contributed by atoms with van der Waals surface area (Å²) in [6.45, 7) is 1.45. The summed E-state index contributed by atoms with van der Waals surface area (Å²) in [7, 11) is 0. The number of rotatable bonds is 5. The maximum absolute atomic E-state index is 12.7. The molecule has 0 saturated carbocycles. The second-order valence-corrected chi connectivity index (χ2v) is 8.21. The summed E-state index contributed by atoms with van der Waals surface area (Å²) in [5.74, 6) is -1.54. The van der Waals surface area contributed by atoms with Crippen molar-refractivity contribution in [2.24, 2.45) is 0 Å². The Morgan fingerprint density at radius 2 is 1.79 bits per heavy atom. The molecule has 2 amide bonds. The zero-order valence-electron chi connectivity index (χ0n) is 14.5. The van der Waals surface area contributed by atoms with Gasteiger partial charge in [-0.2, -0.15) is 0 Å². The van der Waals surface area contributed by atoms with E-state index in [0.717, 1.165) is 0 Å². The molecule has 9 heteroatoms. The van der Waals surface area contributed by atoms with E-state index in [1.54, 1.807) is 36.4 Å². The molecule has 1 saturated heterocycles. The van der Waals surface area contributed by atoms with Crippen LogP contribution < -0.4 is 15.2 Å². The minimum absolute atomic E-state index is 0.0167. The summed E-state index contributed by atoms with van der Waals surface area (Å²) in [5, 5.41) is 10.2. The van der Waals surface area contributed by atoms with Gasteiger partial charge in [-0.05, 0) is 88.0 Å². The lowest BCUT2D eigenvalue weighted by Gasteiger charge is -2.14. The lowest BCUT2D eigenvalue weighted by atomic mass is 10.1. The van der Waals surface area contributed by atoms with Crippen LogP contribution in [-0.4, -0.2) is 29.0 Å². The third-order valence-electron chi connectivity index (χ3n) is 3.88. The molecule has 1 heterocycles. The normalized spacial score (nSPS) is 16.2. The molecule has 2 aromatic rings. The molecule has 0 bridgehead atoms. The van der Waals surface area contributed by atoms with Gasteiger partial charge in [0.05, 0.1) is 12.8 Å². The first-order chi connectivity index (χ1) is 13.3. The van der Waals surface area contributed by atoms with Crippen LogP contribution in [0.1, 0.15) is 12.5 Å². The van der Waals surface area contributed by atoms with Crippen LogP contribution in [0.15, 0.2) is 48.0 Å². The average Bonchev–Trinajstić information content (AvgIpc) is 2.93. The van der Waals surface area contributed by atoms with E-state index in [-0.39, 0.29) is 5.57 Å². The fourth-order valence-corrected chi connectivity index (χ4v) is 4.56. The molecule has 1 fully saturated rings. The number of hydrogen-bond donors (Lipinski definition) is 2. The summed E-state index contributed by atoms with van der Waals surface area (Å²) >= 11 is 4.06. The highest BCUT2D eigenvalue weighted by atomic mass is 127. The van der Waals surface area contributed by atoms with Crippen LogP contribution in [0.3, 0.4) is 0 Å². The first-order valence-corrected chi connectivity index (χ1v) is 10.2. The minimum Gasteiger partial charge on any atom is -0.479 e.